The van der Waals surface area contributed by atoms with Crippen molar-refractivity contribution in [3.8, 4) is 0 Å². The highest BCUT2D eigenvalue weighted by molar-refractivity contribution is 5.94. The van der Waals surface area contributed by atoms with Crippen LogP contribution in [0.25, 0.3) is 0 Å². The van der Waals surface area contributed by atoms with Crippen molar-refractivity contribution in [2.75, 3.05) is 0 Å². The molecule has 0 saturated carbocycles. The summed E-state index contributed by atoms with van der Waals surface area (Å²) in [6, 6.07) is 8.05. The summed E-state index contributed by atoms with van der Waals surface area (Å²) in [4.78, 5) is 12.7. The van der Waals surface area contributed by atoms with Gasteiger partial charge in [-0.05, 0) is 54.7 Å². The van der Waals surface area contributed by atoms with Crippen LogP contribution in [0, 0.1) is 16.7 Å². The van der Waals surface area contributed by atoms with E-state index in [0.717, 1.165) is 18.4 Å². The molecule has 1 amide bonds. The molecule has 0 aliphatic carbocycles. The Bertz CT molecular complexity index is 546. The summed E-state index contributed by atoms with van der Waals surface area (Å²) in [6.45, 7) is 19.9. The molecule has 1 aromatic rings. The Morgan fingerprint density at radius 1 is 1.00 bits per heavy atom. The van der Waals surface area contributed by atoms with Gasteiger partial charge in [-0.3, -0.25) is 4.79 Å². The van der Waals surface area contributed by atoms with Crippen LogP contribution in [0.4, 0.5) is 0 Å². The zero-order valence-electron chi connectivity index (χ0n) is 17.2. The molecule has 2 nitrogen and oxygen atoms in total. The van der Waals surface area contributed by atoms with Crippen molar-refractivity contribution in [1.29, 1.82) is 0 Å². The molecule has 1 N–H and O–H groups in total. The lowest BCUT2D eigenvalue weighted by Gasteiger charge is -2.42. The fourth-order valence-electron chi connectivity index (χ4n) is 3.14. The van der Waals surface area contributed by atoms with E-state index < -0.39 is 0 Å². The summed E-state index contributed by atoms with van der Waals surface area (Å²) in [5, 5.41) is 3.24. The van der Waals surface area contributed by atoms with E-state index in [1.807, 2.05) is 12.1 Å². The maximum atomic E-state index is 12.7. The second-order valence-corrected chi connectivity index (χ2v) is 9.67. The van der Waals surface area contributed by atoms with Crippen LogP contribution >= 0.6 is 0 Å². The predicted octanol–water partition coefficient (Wildman–Crippen LogP) is 5.86. The molecule has 0 aliphatic heterocycles. The maximum absolute atomic E-state index is 12.7. The number of nitrogens with one attached hydrogen (secondary N) is 1. The SMILES string of the molecule is CCC(C)(C)C(C)C(C)(C)NC(=O)c1ccc(CC(C)(C)C)cc1. The van der Waals surface area contributed by atoms with Crippen molar-refractivity contribution in [2.45, 2.75) is 80.7 Å². The Labute approximate surface area is 149 Å². The van der Waals surface area contributed by atoms with Gasteiger partial charge in [-0.1, -0.05) is 67.0 Å². The zero-order valence-corrected chi connectivity index (χ0v) is 17.2. The third kappa shape index (κ3) is 5.65. The number of carbonyl (C=O) groups excluding carboxylic acids is 1. The third-order valence-electron chi connectivity index (χ3n) is 5.55. The van der Waals surface area contributed by atoms with E-state index in [9.17, 15) is 4.79 Å². The van der Waals surface area contributed by atoms with E-state index in [-0.39, 0.29) is 22.3 Å². The van der Waals surface area contributed by atoms with Gasteiger partial charge in [0.1, 0.15) is 0 Å². The molecule has 1 rings (SSSR count). The van der Waals surface area contributed by atoms with Crippen molar-refractivity contribution in [2.24, 2.45) is 16.7 Å². The van der Waals surface area contributed by atoms with Gasteiger partial charge in [0.2, 0.25) is 0 Å². The number of carbonyl (C=O) groups is 1. The van der Waals surface area contributed by atoms with Crippen molar-refractivity contribution >= 4 is 5.91 Å². The molecular weight excluding hydrogens is 294 g/mol. The Balaban J connectivity index is 2.84. The van der Waals surface area contributed by atoms with Crippen LogP contribution < -0.4 is 5.32 Å². The van der Waals surface area contributed by atoms with Gasteiger partial charge in [0.05, 0.1) is 0 Å². The summed E-state index contributed by atoms with van der Waals surface area (Å²) in [5.74, 6) is 0.389. The minimum atomic E-state index is -0.249. The molecule has 0 fully saturated rings. The summed E-state index contributed by atoms with van der Waals surface area (Å²) < 4.78 is 0. The molecule has 1 atom stereocenters. The first-order valence-corrected chi connectivity index (χ1v) is 9.20. The maximum Gasteiger partial charge on any atom is 0.251 e. The fourth-order valence-corrected chi connectivity index (χ4v) is 3.14. The van der Waals surface area contributed by atoms with E-state index >= 15 is 0 Å². The standard InChI is InChI=1S/C22H37NO/c1-10-21(6,7)16(2)22(8,9)23-19(24)18-13-11-17(12-14-18)15-20(3,4)5/h11-14,16H,10,15H2,1-9H3,(H,23,24). The van der Waals surface area contributed by atoms with E-state index in [1.165, 1.54) is 5.56 Å². The van der Waals surface area contributed by atoms with Gasteiger partial charge in [0, 0.05) is 11.1 Å². The van der Waals surface area contributed by atoms with E-state index in [4.69, 9.17) is 0 Å². The first kappa shape index (κ1) is 20.7. The van der Waals surface area contributed by atoms with Crippen LogP contribution in [0.5, 0.6) is 0 Å². The molecule has 0 aliphatic rings. The van der Waals surface area contributed by atoms with Gasteiger partial charge in [-0.2, -0.15) is 0 Å². The van der Waals surface area contributed by atoms with Gasteiger partial charge in [0.15, 0.2) is 0 Å². The lowest BCUT2D eigenvalue weighted by Crippen LogP contribution is -2.52. The average Bonchev–Trinajstić information content (AvgIpc) is 2.45. The molecule has 2 heteroatoms. The highest BCUT2D eigenvalue weighted by atomic mass is 16.1. The van der Waals surface area contributed by atoms with E-state index in [2.05, 4.69) is 79.8 Å². The molecular formula is C22H37NO. The average molecular weight is 332 g/mol. The fraction of sp³-hybridized carbons (Fsp3) is 0.682. The lowest BCUT2D eigenvalue weighted by molar-refractivity contribution is 0.0771. The Morgan fingerprint density at radius 3 is 1.92 bits per heavy atom. The number of amides is 1. The van der Waals surface area contributed by atoms with Crippen molar-refractivity contribution in [1.82, 2.24) is 5.32 Å². The Hall–Kier alpha value is -1.31. The minimum Gasteiger partial charge on any atom is -0.347 e. The molecule has 0 spiro atoms. The van der Waals surface area contributed by atoms with Crippen molar-refractivity contribution in [3.05, 3.63) is 35.4 Å². The topological polar surface area (TPSA) is 29.1 Å². The van der Waals surface area contributed by atoms with Crippen LogP contribution in [0.2, 0.25) is 0 Å². The minimum absolute atomic E-state index is 0.0149. The molecule has 0 aromatic heterocycles. The summed E-state index contributed by atoms with van der Waals surface area (Å²) in [7, 11) is 0. The molecule has 0 bridgehead atoms. The van der Waals surface area contributed by atoms with Crippen LogP contribution in [-0.2, 0) is 6.42 Å². The van der Waals surface area contributed by atoms with Crippen molar-refractivity contribution in [3.63, 3.8) is 0 Å². The lowest BCUT2D eigenvalue weighted by atomic mass is 9.69. The normalized spacial score (nSPS) is 14.4. The first-order valence-electron chi connectivity index (χ1n) is 9.20. The largest absolute Gasteiger partial charge is 0.347 e. The van der Waals surface area contributed by atoms with Crippen LogP contribution in [0.1, 0.15) is 84.7 Å². The monoisotopic (exact) mass is 331 g/mol. The molecule has 0 saturated heterocycles. The summed E-state index contributed by atoms with van der Waals surface area (Å²) >= 11 is 0. The van der Waals surface area contributed by atoms with Crippen LogP contribution in [-0.4, -0.2) is 11.4 Å². The van der Waals surface area contributed by atoms with Gasteiger partial charge >= 0.3 is 0 Å². The number of rotatable bonds is 6. The summed E-state index contributed by atoms with van der Waals surface area (Å²) in [6.07, 6.45) is 2.11. The smallest absolute Gasteiger partial charge is 0.251 e. The highest BCUT2D eigenvalue weighted by Gasteiger charge is 2.37. The highest BCUT2D eigenvalue weighted by Crippen LogP contribution is 2.37. The van der Waals surface area contributed by atoms with Crippen LogP contribution in [0.15, 0.2) is 24.3 Å². The van der Waals surface area contributed by atoms with Crippen LogP contribution in [0.3, 0.4) is 0 Å². The van der Waals surface area contributed by atoms with Gasteiger partial charge in [-0.15, -0.1) is 0 Å². The number of hydrogen-bond acceptors (Lipinski definition) is 1. The Kier molecular flexibility index (Phi) is 6.30. The van der Waals surface area contributed by atoms with Gasteiger partial charge in [-0.25, -0.2) is 0 Å². The number of hydrogen-bond donors (Lipinski definition) is 1. The summed E-state index contributed by atoms with van der Waals surface area (Å²) in [5.41, 5.74) is 2.21. The molecule has 24 heavy (non-hydrogen) atoms. The second kappa shape index (κ2) is 7.29. The molecule has 136 valence electrons. The van der Waals surface area contributed by atoms with Crippen molar-refractivity contribution < 1.29 is 4.79 Å². The zero-order chi connectivity index (χ0) is 18.8. The molecule has 0 radical (unpaired) electrons. The quantitative estimate of drug-likeness (QED) is 0.695. The molecule has 0 heterocycles. The van der Waals surface area contributed by atoms with Gasteiger partial charge in [0.25, 0.3) is 5.91 Å². The third-order valence-corrected chi connectivity index (χ3v) is 5.55. The number of benzene rings is 1. The molecule has 1 unspecified atom stereocenters. The Morgan fingerprint density at radius 2 is 1.50 bits per heavy atom. The van der Waals surface area contributed by atoms with E-state index in [1.54, 1.807) is 0 Å². The van der Waals surface area contributed by atoms with Gasteiger partial charge < -0.3 is 5.32 Å². The predicted molar refractivity (Wildman–Crippen MR) is 104 cm³/mol. The van der Waals surface area contributed by atoms with E-state index in [0.29, 0.717) is 5.92 Å². The second-order valence-electron chi connectivity index (χ2n) is 9.67. The molecule has 1 aromatic carbocycles. The first-order chi connectivity index (χ1) is 10.8.